The molecule has 0 spiro atoms. The van der Waals surface area contributed by atoms with Crippen molar-refractivity contribution < 1.29 is 9.47 Å². The SMILES string of the molecule is CNCc1ccc(N(CCCOC)CCOC)nc1. The van der Waals surface area contributed by atoms with Gasteiger partial charge in [0, 0.05) is 46.7 Å². The summed E-state index contributed by atoms with van der Waals surface area (Å²) >= 11 is 0. The molecule has 0 aromatic carbocycles. The maximum absolute atomic E-state index is 5.15. The van der Waals surface area contributed by atoms with Gasteiger partial charge in [-0.2, -0.15) is 0 Å². The van der Waals surface area contributed by atoms with Crippen LogP contribution in [0.4, 0.5) is 5.82 Å². The fraction of sp³-hybridized carbons (Fsp3) is 0.643. The number of methoxy groups -OCH3 is 2. The van der Waals surface area contributed by atoms with E-state index in [1.807, 2.05) is 13.2 Å². The third-order valence-electron chi connectivity index (χ3n) is 2.86. The minimum Gasteiger partial charge on any atom is -0.385 e. The van der Waals surface area contributed by atoms with E-state index in [-0.39, 0.29) is 0 Å². The molecule has 1 aromatic heterocycles. The number of hydrogen-bond donors (Lipinski definition) is 1. The molecule has 0 amide bonds. The quantitative estimate of drug-likeness (QED) is 0.647. The standard InChI is InChI=1S/C14H25N3O2/c1-15-11-13-5-6-14(16-12-13)17(8-10-19-3)7-4-9-18-2/h5-6,12,15H,4,7-11H2,1-3H3. The third-order valence-corrected chi connectivity index (χ3v) is 2.86. The van der Waals surface area contributed by atoms with Crippen LogP contribution in [0.1, 0.15) is 12.0 Å². The Bertz CT molecular complexity index is 330. The Morgan fingerprint density at radius 3 is 2.53 bits per heavy atom. The van der Waals surface area contributed by atoms with Crippen molar-refractivity contribution in [2.45, 2.75) is 13.0 Å². The molecule has 0 atom stereocenters. The van der Waals surface area contributed by atoms with Gasteiger partial charge in [-0.1, -0.05) is 6.07 Å². The summed E-state index contributed by atoms with van der Waals surface area (Å²) in [6, 6.07) is 4.17. The van der Waals surface area contributed by atoms with Crippen LogP contribution < -0.4 is 10.2 Å². The molecule has 0 radical (unpaired) electrons. The predicted molar refractivity (Wildman–Crippen MR) is 77.6 cm³/mol. The zero-order chi connectivity index (χ0) is 13.9. The molecule has 19 heavy (non-hydrogen) atoms. The van der Waals surface area contributed by atoms with Gasteiger partial charge in [-0.15, -0.1) is 0 Å². The van der Waals surface area contributed by atoms with Crippen molar-refractivity contribution in [2.24, 2.45) is 0 Å². The molecular formula is C14H25N3O2. The Hall–Kier alpha value is -1.17. The lowest BCUT2D eigenvalue weighted by atomic mass is 10.2. The fourth-order valence-corrected chi connectivity index (χ4v) is 1.85. The van der Waals surface area contributed by atoms with Crippen LogP contribution in [0.25, 0.3) is 0 Å². The molecule has 1 heterocycles. The van der Waals surface area contributed by atoms with E-state index < -0.39 is 0 Å². The lowest BCUT2D eigenvalue weighted by Gasteiger charge is -2.23. The molecule has 0 fully saturated rings. The molecule has 0 unspecified atom stereocenters. The van der Waals surface area contributed by atoms with Gasteiger partial charge in [-0.25, -0.2) is 4.98 Å². The zero-order valence-corrected chi connectivity index (χ0v) is 12.2. The van der Waals surface area contributed by atoms with Gasteiger partial charge in [-0.05, 0) is 25.1 Å². The average molecular weight is 267 g/mol. The largest absolute Gasteiger partial charge is 0.385 e. The Balaban J connectivity index is 2.60. The van der Waals surface area contributed by atoms with Crippen LogP contribution in [0.5, 0.6) is 0 Å². The summed E-state index contributed by atoms with van der Waals surface area (Å²) in [5, 5.41) is 3.12. The summed E-state index contributed by atoms with van der Waals surface area (Å²) in [6.07, 6.45) is 2.90. The fourth-order valence-electron chi connectivity index (χ4n) is 1.85. The van der Waals surface area contributed by atoms with Gasteiger partial charge in [0.1, 0.15) is 5.82 Å². The normalized spacial score (nSPS) is 10.7. The highest BCUT2D eigenvalue weighted by molar-refractivity contribution is 5.39. The first-order valence-corrected chi connectivity index (χ1v) is 6.64. The summed E-state index contributed by atoms with van der Waals surface area (Å²) < 4.78 is 10.2. The van der Waals surface area contributed by atoms with E-state index in [9.17, 15) is 0 Å². The van der Waals surface area contributed by atoms with E-state index in [2.05, 4.69) is 27.3 Å². The molecule has 1 N–H and O–H groups in total. The number of pyridine rings is 1. The van der Waals surface area contributed by atoms with Crippen LogP contribution in [-0.2, 0) is 16.0 Å². The summed E-state index contributed by atoms with van der Waals surface area (Å²) in [5.41, 5.74) is 1.19. The summed E-state index contributed by atoms with van der Waals surface area (Å²) in [5.74, 6) is 0.994. The first-order valence-electron chi connectivity index (χ1n) is 6.64. The number of ether oxygens (including phenoxy) is 2. The van der Waals surface area contributed by atoms with Crippen molar-refractivity contribution in [3.8, 4) is 0 Å². The second-order valence-corrected chi connectivity index (χ2v) is 4.38. The molecule has 5 nitrogen and oxygen atoms in total. The Morgan fingerprint density at radius 1 is 1.16 bits per heavy atom. The molecule has 5 heteroatoms. The number of aromatic nitrogens is 1. The number of rotatable bonds is 10. The van der Waals surface area contributed by atoms with Crippen LogP contribution in [0.3, 0.4) is 0 Å². The van der Waals surface area contributed by atoms with Crippen molar-refractivity contribution in [2.75, 3.05) is 52.5 Å². The number of hydrogen-bond acceptors (Lipinski definition) is 5. The molecule has 0 aliphatic rings. The van der Waals surface area contributed by atoms with E-state index in [4.69, 9.17) is 9.47 Å². The number of anilines is 1. The van der Waals surface area contributed by atoms with Gasteiger partial charge >= 0.3 is 0 Å². The Kier molecular flexibility index (Phi) is 8.13. The van der Waals surface area contributed by atoms with Gasteiger partial charge in [-0.3, -0.25) is 0 Å². The van der Waals surface area contributed by atoms with Crippen LogP contribution in [0.15, 0.2) is 18.3 Å². The second-order valence-electron chi connectivity index (χ2n) is 4.38. The summed E-state index contributed by atoms with van der Waals surface area (Å²) in [6.45, 7) is 4.08. The molecule has 0 aliphatic heterocycles. The van der Waals surface area contributed by atoms with Crippen molar-refractivity contribution in [3.05, 3.63) is 23.9 Å². The van der Waals surface area contributed by atoms with E-state index in [1.165, 1.54) is 5.56 Å². The van der Waals surface area contributed by atoms with Crippen LogP contribution in [-0.4, -0.2) is 52.6 Å². The van der Waals surface area contributed by atoms with Crippen LogP contribution in [0, 0.1) is 0 Å². The van der Waals surface area contributed by atoms with Gasteiger partial charge in [0.2, 0.25) is 0 Å². The van der Waals surface area contributed by atoms with Crippen LogP contribution in [0.2, 0.25) is 0 Å². The number of nitrogens with zero attached hydrogens (tertiary/aromatic N) is 2. The second kappa shape index (κ2) is 9.72. The third kappa shape index (κ3) is 6.00. The average Bonchev–Trinajstić information content (AvgIpc) is 2.44. The van der Waals surface area contributed by atoms with Crippen molar-refractivity contribution in [3.63, 3.8) is 0 Å². The van der Waals surface area contributed by atoms with E-state index >= 15 is 0 Å². The van der Waals surface area contributed by atoms with Crippen LogP contribution >= 0.6 is 0 Å². The first-order chi connectivity index (χ1) is 9.31. The molecule has 0 aliphatic carbocycles. The van der Waals surface area contributed by atoms with Gasteiger partial charge < -0.3 is 19.7 Å². The molecule has 1 aromatic rings. The lowest BCUT2D eigenvalue weighted by molar-refractivity contribution is 0.191. The number of nitrogens with one attached hydrogen (secondary N) is 1. The van der Waals surface area contributed by atoms with E-state index in [0.717, 1.165) is 38.5 Å². The van der Waals surface area contributed by atoms with Crippen molar-refractivity contribution >= 4 is 5.82 Å². The van der Waals surface area contributed by atoms with Crippen molar-refractivity contribution in [1.29, 1.82) is 0 Å². The highest BCUT2D eigenvalue weighted by Gasteiger charge is 2.07. The van der Waals surface area contributed by atoms with Crippen molar-refractivity contribution in [1.82, 2.24) is 10.3 Å². The monoisotopic (exact) mass is 267 g/mol. The molecular weight excluding hydrogens is 242 g/mol. The van der Waals surface area contributed by atoms with E-state index in [1.54, 1.807) is 14.2 Å². The van der Waals surface area contributed by atoms with Gasteiger partial charge in [0.25, 0.3) is 0 Å². The molecule has 0 bridgehead atoms. The molecule has 0 saturated carbocycles. The maximum Gasteiger partial charge on any atom is 0.128 e. The summed E-state index contributed by atoms with van der Waals surface area (Å²) in [4.78, 5) is 6.75. The topological polar surface area (TPSA) is 46.6 Å². The highest BCUT2D eigenvalue weighted by Crippen LogP contribution is 2.11. The van der Waals surface area contributed by atoms with Gasteiger partial charge in [0.05, 0.1) is 6.61 Å². The highest BCUT2D eigenvalue weighted by atomic mass is 16.5. The zero-order valence-electron chi connectivity index (χ0n) is 12.2. The predicted octanol–water partition coefficient (Wildman–Crippen LogP) is 1.29. The summed E-state index contributed by atoms with van der Waals surface area (Å²) in [7, 11) is 5.38. The molecule has 108 valence electrons. The van der Waals surface area contributed by atoms with E-state index in [0.29, 0.717) is 6.61 Å². The smallest absolute Gasteiger partial charge is 0.128 e. The first kappa shape index (κ1) is 15.9. The molecule has 0 saturated heterocycles. The van der Waals surface area contributed by atoms with Gasteiger partial charge in [0.15, 0.2) is 0 Å². The Morgan fingerprint density at radius 2 is 1.95 bits per heavy atom. The Labute approximate surface area is 115 Å². The minimum absolute atomic E-state index is 0.701. The maximum atomic E-state index is 5.15. The minimum atomic E-state index is 0.701. The lowest BCUT2D eigenvalue weighted by Crippen LogP contribution is -2.29. The molecule has 1 rings (SSSR count).